The first kappa shape index (κ1) is 16.8. The molecule has 1 N–H and O–H groups in total. The second-order valence-corrected chi connectivity index (χ2v) is 7.03. The minimum Gasteiger partial charge on any atom is -0.310 e. The van der Waals surface area contributed by atoms with E-state index in [1.807, 2.05) is 0 Å². The van der Waals surface area contributed by atoms with Crippen LogP contribution in [-0.2, 0) is 0 Å². The molecule has 1 aliphatic carbocycles. The maximum atomic E-state index is 13.6. The molecule has 0 aliphatic heterocycles. The van der Waals surface area contributed by atoms with Crippen LogP contribution >= 0.6 is 11.6 Å². The van der Waals surface area contributed by atoms with Gasteiger partial charge in [0.25, 0.3) is 0 Å². The van der Waals surface area contributed by atoms with Crippen LogP contribution in [0.3, 0.4) is 0 Å². The van der Waals surface area contributed by atoms with Gasteiger partial charge < -0.3 is 5.32 Å². The summed E-state index contributed by atoms with van der Waals surface area (Å²) in [7, 11) is 0. The number of nitrogens with one attached hydrogen (secondary N) is 1. The number of rotatable bonds is 5. The summed E-state index contributed by atoms with van der Waals surface area (Å²) in [6, 6.07) is 4.89. The van der Waals surface area contributed by atoms with E-state index >= 15 is 0 Å². The van der Waals surface area contributed by atoms with Gasteiger partial charge in [0.05, 0.1) is 0 Å². The summed E-state index contributed by atoms with van der Waals surface area (Å²) < 4.78 is 13.6. The van der Waals surface area contributed by atoms with Crippen molar-refractivity contribution in [3.63, 3.8) is 0 Å². The summed E-state index contributed by atoms with van der Waals surface area (Å²) in [5.41, 5.74) is 0.923. The lowest BCUT2D eigenvalue weighted by atomic mass is 9.73. The van der Waals surface area contributed by atoms with E-state index in [4.69, 9.17) is 11.6 Å². The first-order valence-corrected chi connectivity index (χ1v) is 8.59. The fourth-order valence-electron chi connectivity index (χ4n) is 3.65. The zero-order chi connectivity index (χ0) is 15.4. The van der Waals surface area contributed by atoms with Gasteiger partial charge in [0, 0.05) is 11.1 Å². The van der Waals surface area contributed by atoms with E-state index in [1.54, 1.807) is 12.1 Å². The average molecular weight is 312 g/mol. The SMILES string of the molecule is CCNC(c1cc(F)ccc1Cl)C1CCC(C(C)C)CC1. The van der Waals surface area contributed by atoms with E-state index in [0.29, 0.717) is 10.9 Å². The Bertz CT molecular complexity index is 453. The smallest absolute Gasteiger partial charge is 0.123 e. The second kappa shape index (κ2) is 7.60. The third-order valence-corrected chi connectivity index (χ3v) is 5.29. The third kappa shape index (κ3) is 4.20. The Balaban J connectivity index is 2.14. The van der Waals surface area contributed by atoms with Crippen molar-refractivity contribution in [2.45, 2.75) is 52.5 Å². The summed E-state index contributed by atoms with van der Waals surface area (Å²) in [4.78, 5) is 0. The fraction of sp³-hybridized carbons (Fsp3) is 0.667. The molecule has 1 fully saturated rings. The molecule has 3 heteroatoms. The largest absolute Gasteiger partial charge is 0.310 e. The van der Waals surface area contributed by atoms with Crippen LogP contribution in [0.2, 0.25) is 5.02 Å². The van der Waals surface area contributed by atoms with Gasteiger partial charge in [-0.1, -0.05) is 32.4 Å². The monoisotopic (exact) mass is 311 g/mol. The van der Waals surface area contributed by atoms with Crippen molar-refractivity contribution in [3.8, 4) is 0 Å². The van der Waals surface area contributed by atoms with E-state index in [9.17, 15) is 4.39 Å². The van der Waals surface area contributed by atoms with E-state index in [2.05, 4.69) is 26.1 Å². The highest BCUT2D eigenvalue weighted by molar-refractivity contribution is 6.31. The molecule has 1 aliphatic rings. The van der Waals surface area contributed by atoms with Crippen LogP contribution in [0.25, 0.3) is 0 Å². The zero-order valence-electron chi connectivity index (χ0n) is 13.3. The van der Waals surface area contributed by atoms with Crippen molar-refractivity contribution >= 4 is 11.6 Å². The molecule has 1 atom stereocenters. The molecule has 118 valence electrons. The van der Waals surface area contributed by atoms with Gasteiger partial charge in [-0.2, -0.15) is 0 Å². The minimum absolute atomic E-state index is 0.173. The summed E-state index contributed by atoms with van der Waals surface area (Å²) in [5.74, 6) is 1.96. The van der Waals surface area contributed by atoms with Gasteiger partial charge in [-0.15, -0.1) is 0 Å². The average Bonchev–Trinajstić information content (AvgIpc) is 2.48. The van der Waals surface area contributed by atoms with E-state index < -0.39 is 0 Å². The van der Waals surface area contributed by atoms with Gasteiger partial charge in [0.2, 0.25) is 0 Å². The number of halogens is 2. The van der Waals surface area contributed by atoms with Gasteiger partial charge in [-0.25, -0.2) is 4.39 Å². The molecule has 1 aromatic carbocycles. The second-order valence-electron chi connectivity index (χ2n) is 6.62. The first-order chi connectivity index (χ1) is 10.0. The Hall–Kier alpha value is -0.600. The molecule has 1 unspecified atom stereocenters. The Morgan fingerprint density at radius 1 is 1.19 bits per heavy atom. The third-order valence-electron chi connectivity index (χ3n) is 4.95. The predicted molar refractivity (Wildman–Crippen MR) is 88.1 cm³/mol. The minimum atomic E-state index is -0.201. The van der Waals surface area contributed by atoms with E-state index in [1.165, 1.54) is 31.7 Å². The lowest BCUT2D eigenvalue weighted by molar-refractivity contribution is 0.190. The van der Waals surface area contributed by atoms with Gasteiger partial charge in [0.15, 0.2) is 0 Å². The Morgan fingerprint density at radius 2 is 1.81 bits per heavy atom. The molecule has 2 rings (SSSR count). The number of benzene rings is 1. The predicted octanol–water partition coefficient (Wildman–Crippen LogP) is 5.59. The zero-order valence-corrected chi connectivity index (χ0v) is 14.1. The lowest BCUT2D eigenvalue weighted by Gasteiger charge is -2.36. The van der Waals surface area contributed by atoms with Crippen LogP contribution < -0.4 is 5.32 Å². The summed E-state index contributed by atoms with van der Waals surface area (Å²) in [5, 5.41) is 4.20. The standard InChI is InChI=1S/C18H27ClFN/c1-4-21-18(16-11-15(20)9-10-17(16)19)14-7-5-13(6-8-14)12(2)3/h9-14,18,21H,4-8H2,1-3H3. The van der Waals surface area contributed by atoms with Crippen LogP contribution in [0.1, 0.15) is 58.1 Å². The van der Waals surface area contributed by atoms with E-state index in [-0.39, 0.29) is 11.9 Å². The lowest BCUT2D eigenvalue weighted by Crippen LogP contribution is -2.32. The van der Waals surface area contributed by atoms with Gasteiger partial charge in [0.1, 0.15) is 5.82 Å². The first-order valence-electron chi connectivity index (χ1n) is 8.21. The van der Waals surface area contributed by atoms with Crippen LogP contribution in [0.4, 0.5) is 4.39 Å². The van der Waals surface area contributed by atoms with Crippen molar-refractivity contribution < 1.29 is 4.39 Å². The van der Waals surface area contributed by atoms with Crippen molar-refractivity contribution in [2.75, 3.05) is 6.54 Å². The molecular weight excluding hydrogens is 285 g/mol. The molecule has 0 aromatic heterocycles. The fourth-order valence-corrected chi connectivity index (χ4v) is 3.88. The molecule has 21 heavy (non-hydrogen) atoms. The van der Waals surface area contributed by atoms with Gasteiger partial charge >= 0.3 is 0 Å². The molecule has 0 amide bonds. The van der Waals surface area contributed by atoms with Gasteiger partial charge in [-0.3, -0.25) is 0 Å². The van der Waals surface area contributed by atoms with Crippen molar-refractivity contribution in [3.05, 3.63) is 34.6 Å². The molecular formula is C18H27ClFN. The van der Waals surface area contributed by atoms with Crippen molar-refractivity contribution in [1.29, 1.82) is 0 Å². The number of hydrogen-bond donors (Lipinski definition) is 1. The molecule has 0 saturated heterocycles. The Kier molecular flexibility index (Phi) is 6.07. The van der Waals surface area contributed by atoms with Crippen LogP contribution in [0.5, 0.6) is 0 Å². The highest BCUT2D eigenvalue weighted by Gasteiger charge is 2.30. The molecule has 0 spiro atoms. The maximum Gasteiger partial charge on any atom is 0.123 e. The Labute approximate surface area is 133 Å². The molecule has 1 saturated carbocycles. The molecule has 1 nitrogen and oxygen atoms in total. The summed E-state index contributed by atoms with van der Waals surface area (Å²) in [6.45, 7) is 7.61. The van der Waals surface area contributed by atoms with Gasteiger partial charge in [-0.05, 0) is 73.7 Å². The maximum absolute atomic E-state index is 13.6. The summed E-state index contributed by atoms with van der Waals surface area (Å²) >= 11 is 6.32. The van der Waals surface area contributed by atoms with Crippen LogP contribution in [0, 0.1) is 23.6 Å². The topological polar surface area (TPSA) is 12.0 Å². The van der Waals surface area contributed by atoms with E-state index in [0.717, 1.165) is 23.9 Å². The summed E-state index contributed by atoms with van der Waals surface area (Å²) in [6.07, 6.45) is 4.95. The highest BCUT2D eigenvalue weighted by Crippen LogP contribution is 2.41. The highest BCUT2D eigenvalue weighted by atomic mass is 35.5. The van der Waals surface area contributed by atoms with Crippen LogP contribution in [0.15, 0.2) is 18.2 Å². The molecule has 0 heterocycles. The molecule has 0 radical (unpaired) electrons. The molecule has 0 bridgehead atoms. The molecule has 1 aromatic rings. The number of hydrogen-bond acceptors (Lipinski definition) is 1. The van der Waals surface area contributed by atoms with Crippen molar-refractivity contribution in [1.82, 2.24) is 5.32 Å². The normalized spacial score (nSPS) is 24.3. The quantitative estimate of drug-likeness (QED) is 0.747. The Morgan fingerprint density at radius 3 is 2.38 bits per heavy atom. The van der Waals surface area contributed by atoms with Crippen molar-refractivity contribution in [2.24, 2.45) is 17.8 Å². The van der Waals surface area contributed by atoms with Crippen LogP contribution in [-0.4, -0.2) is 6.54 Å².